The number of anilines is 1. The fourth-order valence-electron chi connectivity index (χ4n) is 3.16. The lowest BCUT2D eigenvalue weighted by atomic mass is 10.0. The molecule has 0 radical (unpaired) electrons. The van der Waals surface area contributed by atoms with Crippen LogP contribution < -0.4 is 4.90 Å². The van der Waals surface area contributed by atoms with E-state index in [0.29, 0.717) is 42.6 Å². The maximum atomic E-state index is 12.4. The molecule has 9 heteroatoms. The Kier molecular flexibility index (Phi) is 5.88. The fourth-order valence-corrected chi connectivity index (χ4v) is 3.40. The van der Waals surface area contributed by atoms with Gasteiger partial charge in [-0.1, -0.05) is 29.8 Å². The first-order chi connectivity index (χ1) is 13.0. The van der Waals surface area contributed by atoms with E-state index in [1.165, 1.54) is 19.4 Å². The highest BCUT2D eigenvalue weighted by atomic mass is 35.5. The fraction of sp³-hybridized carbons (Fsp3) is 0.333. The van der Waals surface area contributed by atoms with Crippen LogP contribution in [0.4, 0.5) is 11.5 Å². The van der Waals surface area contributed by atoms with Crippen molar-refractivity contribution in [1.82, 2.24) is 9.88 Å². The van der Waals surface area contributed by atoms with E-state index in [4.69, 9.17) is 16.3 Å². The average Bonchev–Trinajstić information content (AvgIpc) is 2.70. The molecule has 0 amide bonds. The van der Waals surface area contributed by atoms with E-state index in [9.17, 15) is 14.9 Å². The normalized spacial score (nSPS) is 16.0. The number of rotatable bonds is 5. The van der Waals surface area contributed by atoms with Crippen molar-refractivity contribution in [2.75, 3.05) is 38.2 Å². The van der Waals surface area contributed by atoms with Crippen molar-refractivity contribution in [3.63, 3.8) is 0 Å². The molecule has 1 aromatic heterocycles. The number of nitrogens with zero attached hydrogens (tertiary/aromatic N) is 4. The summed E-state index contributed by atoms with van der Waals surface area (Å²) in [4.78, 5) is 30.9. The second-order valence-electron chi connectivity index (χ2n) is 6.10. The van der Waals surface area contributed by atoms with Crippen LogP contribution in [0.5, 0.6) is 0 Å². The van der Waals surface area contributed by atoms with Crippen molar-refractivity contribution >= 4 is 29.1 Å². The van der Waals surface area contributed by atoms with Crippen molar-refractivity contribution in [3.8, 4) is 0 Å². The van der Waals surface area contributed by atoms with Crippen molar-refractivity contribution in [1.29, 1.82) is 0 Å². The standard InChI is InChI=1S/C18H19ClN4O4/c1-27-18(24)17(14-4-2-3-5-15(14)19)22-10-8-21(9-11-22)16-7-6-13(12-20-16)23(25)26/h2-7,12,17H,8-11H2,1H3/t17-/m0/s1. The Morgan fingerprint density at radius 2 is 1.93 bits per heavy atom. The Morgan fingerprint density at radius 3 is 2.48 bits per heavy atom. The van der Waals surface area contributed by atoms with E-state index < -0.39 is 11.0 Å². The monoisotopic (exact) mass is 390 g/mol. The molecular weight excluding hydrogens is 372 g/mol. The van der Waals surface area contributed by atoms with Gasteiger partial charge in [-0.2, -0.15) is 0 Å². The minimum Gasteiger partial charge on any atom is -0.468 e. The Balaban J connectivity index is 1.73. The second-order valence-corrected chi connectivity index (χ2v) is 6.51. The highest BCUT2D eigenvalue weighted by molar-refractivity contribution is 6.31. The minimum atomic E-state index is -0.573. The number of benzene rings is 1. The number of methoxy groups -OCH3 is 1. The summed E-state index contributed by atoms with van der Waals surface area (Å²) in [5, 5.41) is 11.3. The Bertz CT molecular complexity index is 822. The molecule has 27 heavy (non-hydrogen) atoms. The molecule has 2 heterocycles. The predicted molar refractivity (Wildman–Crippen MR) is 101 cm³/mol. The quantitative estimate of drug-likeness (QED) is 0.440. The summed E-state index contributed by atoms with van der Waals surface area (Å²) >= 11 is 6.29. The van der Waals surface area contributed by atoms with E-state index in [1.54, 1.807) is 12.1 Å². The number of pyridine rings is 1. The zero-order chi connectivity index (χ0) is 19.4. The summed E-state index contributed by atoms with van der Waals surface area (Å²) in [6.45, 7) is 2.46. The lowest BCUT2D eigenvalue weighted by Crippen LogP contribution is -2.49. The molecule has 1 atom stereocenters. The molecule has 1 saturated heterocycles. The van der Waals surface area contributed by atoms with E-state index in [0.717, 1.165) is 0 Å². The van der Waals surface area contributed by atoms with Gasteiger partial charge in [0.2, 0.25) is 0 Å². The Morgan fingerprint density at radius 1 is 1.22 bits per heavy atom. The van der Waals surface area contributed by atoms with Gasteiger partial charge < -0.3 is 9.64 Å². The first-order valence-electron chi connectivity index (χ1n) is 8.43. The number of piperazine rings is 1. The van der Waals surface area contributed by atoms with Crippen LogP contribution in [0.2, 0.25) is 5.02 Å². The predicted octanol–water partition coefficient (Wildman–Crippen LogP) is 2.68. The van der Waals surface area contributed by atoms with Crippen LogP contribution in [0.1, 0.15) is 11.6 Å². The maximum Gasteiger partial charge on any atom is 0.327 e. The summed E-state index contributed by atoms with van der Waals surface area (Å²) in [7, 11) is 1.36. The molecule has 0 saturated carbocycles. The summed E-state index contributed by atoms with van der Waals surface area (Å²) in [5.74, 6) is 0.317. The molecular formula is C18H19ClN4O4. The van der Waals surface area contributed by atoms with E-state index in [-0.39, 0.29) is 11.7 Å². The molecule has 2 aromatic rings. The Hall–Kier alpha value is -2.71. The van der Waals surface area contributed by atoms with E-state index >= 15 is 0 Å². The lowest BCUT2D eigenvalue weighted by molar-refractivity contribution is -0.385. The number of ether oxygens (including phenoxy) is 1. The molecule has 0 aliphatic carbocycles. The minimum absolute atomic E-state index is 0.0399. The van der Waals surface area contributed by atoms with Crippen LogP contribution in [-0.4, -0.2) is 54.1 Å². The summed E-state index contributed by atoms with van der Waals surface area (Å²) < 4.78 is 4.99. The molecule has 0 unspecified atom stereocenters. The summed E-state index contributed by atoms with van der Waals surface area (Å²) in [6, 6.07) is 9.75. The summed E-state index contributed by atoms with van der Waals surface area (Å²) in [5.41, 5.74) is 0.676. The smallest absolute Gasteiger partial charge is 0.327 e. The molecule has 0 spiro atoms. The van der Waals surface area contributed by atoms with Gasteiger partial charge in [-0.3, -0.25) is 15.0 Å². The molecule has 1 aromatic carbocycles. The zero-order valence-electron chi connectivity index (χ0n) is 14.7. The topological polar surface area (TPSA) is 88.8 Å². The SMILES string of the molecule is COC(=O)[C@H](c1ccccc1Cl)N1CCN(c2ccc([N+](=O)[O-])cn2)CC1. The molecule has 1 aliphatic rings. The number of hydrogen-bond donors (Lipinski definition) is 0. The first-order valence-corrected chi connectivity index (χ1v) is 8.80. The van der Waals surface area contributed by atoms with Crippen LogP contribution >= 0.6 is 11.6 Å². The molecule has 0 N–H and O–H groups in total. The van der Waals surface area contributed by atoms with Crippen molar-refractivity contribution < 1.29 is 14.5 Å². The van der Waals surface area contributed by atoms with Crippen LogP contribution in [0.3, 0.4) is 0 Å². The summed E-state index contributed by atoms with van der Waals surface area (Å²) in [6.07, 6.45) is 1.25. The third-order valence-electron chi connectivity index (χ3n) is 4.57. The zero-order valence-corrected chi connectivity index (χ0v) is 15.5. The third-order valence-corrected chi connectivity index (χ3v) is 4.91. The molecule has 1 aliphatic heterocycles. The van der Waals surface area contributed by atoms with Crippen LogP contribution in [0, 0.1) is 10.1 Å². The van der Waals surface area contributed by atoms with Crippen LogP contribution in [0.25, 0.3) is 0 Å². The van der Waals surface area contributed by atoms with Gasteiger partial charge in [0.05, 0.1) is 12.0 Å². The maximum absolute atomic E-state index is 12.4. The number of aromatic nitrogens is 1. The van der Waals surface area contributed by atoms with Crippen LogP contribution in [-0.2, 0) is 9.53 Å². The van der Waals surface area contributed by atoms with Gasteiger partial charge in [-0.25, -0.2) is 9.78 Å². The van der Waals surface area contributed by atoms with Gasteiger partial charge in [0.25, 0.3) is 5.69 Å². The van der Waals surface area contributed by atoms with E-state index in [2.05, 4.69) is 4.98 Å². The number of carbonyl (C=O) groups is 1. The highest BCUT2D eigenvalue weighted by Gasteiger charge is 2.32. The molecule has 8 nitrogen and oxygen atoms in total. The van der Waals surface area contributed by atoms with Gasteiger partial charge in [0.15, 0.2) is 0 Å². The lowest BCUT2D eigenvalue weighted by Gasteiger charge is -2.38. The highest BCUT2D eigenvalue weighted by Crippen LogP contribution is 2.30. The Labute approximate surface area is 161 Å². The number of nitro groups is 1. The van der Waals surface area contributed by atoms with Gasteiger partial charge in [-0.15, -0.1) is 0 Å². The number of hydrogen-bond acceptors (Lipinski definition) is 7. The van der Waals surface area contributed by atoms with Gasteiger partial charge in [0, 0.05) is 37.3 Å². The van der Waals surface area contributed by atoms with Gasteiger partial charge in [0.1, 0.15) is 18.1 Å². The molecule has 142 valence electrons. The van der Waals surface area contributed by atoms with E-state index in [1.807, 2.05) is 28.0 Å². The van der Waals surface area contributed by atoms with Crippen molar-refractivity contribution in [3.05, 3.63) is 63.3 Å². The third kappa shape index (κ3) is 4.17. The van der Waals surface area contributed by atoms with Gasteiger partial charge in [-0.05, 0) is 17.7 Å². The first kappa shape index (κ1) is 19.1. The number of halogens is 1. The number of carbonyl (C=O) groups excluding carboxylic acids is 1. The second kappa shape index (κ2) is 8.32. The molecule has 3 rings (SSSR count). The molecule has 1 fully saturated rings. The number of esters is 1. The largest absolute Gasteiger partial charge is 0.468 e. The van der Waals surface area contributed by atoms with Crippen LogP contribution in [0.15, 0.2) is 42.6 Å². The van der Waals surface area contributed by atoms with Gasteiger partial charge >= 0.3 is 5.97 Å². The van der Waals surface area contributed by atoms with Crippen molar-refractivity contribution in [2.45, 2.75) is 6.04 Å². The molecule has 0 bridgehead atoms. The van der Waals surface area contributed by atoms with Crippen molar-refractivity contribution in [2.24, 2.45) is 0 Å². The average molecular weight is 391 g/mol.